The van der Waals surface area contributed by atoms with Crippen LogP contribution in [0.25, 0.3) is 11.0 Å². The maximum Gasteiger partial charge on any atom is 0.244 e. The first-order valence-corrected chi connectivity index (χ1v) is 8.47. The third-order valence-corrected chi connectivity index (χ3v) is 4.39. The summed E-state index contributed by atoms with van der Waals surface area (Å²) in [6, 6.07) is 8.26. The van der Waals surface area contributed by atoms with Crippen molar-refractivity contribution in [1.82, 2.24) is 14.7 Å². The third-order valence-electron chi connectivity index (χ3n) is 3.62. The Morgan fingerprint density at radius 3 is 2.83 bits per heavy atom. The summed E-state index contributed by atoms with van der Waals surface area (Å²) < 4.78 is 1.96. The molecule has 0 unspecified atom stereocenters. The van der Waals surface area contributed by atoms with Gasteiger partial charge in [0.05, 0.1) is 12.2 Å². The molecule has 23 heavy (non-hydrogen) atoms. The highest BCUT2D eigenvalue weighted by atomic mass is 32.1. The van der Waals surface area contributed by atoms with E-state index in [9.17, 15) is 4.79 Å². The second-order valence-corrected chi connectivity index (χ2v) is 6.57. The molecule has 5 heteroatoms. The monoisotopic (exact) mass is 325 g/mol. The van der Waals surface area contributed by atoms with Crippen molar-refractivity contribution in [3.05, 3.63) is 64.9 Å². The number of rotatable bonds is 5. The van der Waals surface area contributed by atoms with Crippen molar-refractivity contribution in [1.29, 1.82) is 0 Å². The Hall–Kier alpha value is -2.40. The third kappa shape index (κ3) is 3.87. The summed E-state index contributed by atoms with van der Waals surface area (Å²) >= 11 is 1.58. The Labute approximate surface area is 139 Å². The predicted molar refractivity (Wildman–Crippen MR) is 94.5 cm³/mol. The number of amides is 1. The second kappa shape index (κ2) is 6.79. The Balaban J connectivity index is 1.54. The maximum absolute atomic E-state index is 11.9. The van der Waals surface area contributed by atoms with Crippen molar-refractivity contribution in [2.24, 2.45) is 0 Å². The van der Waals surface area contributed by atoms with Gasteiger partial charge in [-0.2, -0.15) is 0 Å². The minimum atomic E-state index is -0.116. The van der Waals surface area contributed by atoms with Crippen molar-refractivity contribution >= 4 is 28.3 Å². The Bertz CT molecular complexity index is 799. The average Bonchev–Trinajstić information content (AvgIpc) is 3.12. The molecule has 0 atom stereocenters. The molecular weight excluding hydrogens is 306 g/mol. The van der Waals surface area contributed by atoms with Gasteiger partial charge in [0.1, 0.15) is 0 Å². The molecule has 118 valence electrons. The number of hydrogen-bond acceptors (Lipinski definition) is 3. The zero-order chi connectivity index (χ0) is 16.2. The van der Waals surface area contributed by atoms with Gasteiger partial charge in [0.15, 0.2) is 4.96 Å². The van der Waals surface area contributed by atoms with Crippen molar-refractivity contribution < 1.29 is 4.79 Å². The summed E-state index contributed by atoms with van der Waals surface area (Å²) in [5.74, 6) is 0.398. The lowest BCUT2D eigenvalue weighted by atomic mass is 10.0. The van der Waals surface area contributed by atoms with Crippen LogP contribution in [0.4, 0.5) is 0 Å². The fourth-order valence-electron chi connectivity index (χ4n) is 2.26. The van der Waals surface area contributed by atoms with Crippen LogP contribution >= 0.6 is 11.3 Å². The number of imidazole rings is 1. The lowest BCUT2D eigenvalue weighted by molar-refractivity contribution is -0.116. The number of benzene rings is 1. The van der Waals surface area contributed by atoms with Gasteiger partial charge in [-0.1, -0.05) is 38.1 Å². The molecular formula is C18H19N3OS. The van der Waals surface area contributed by atoms with E-state index in [2.05, 4.69) is 36.3 Å². The van der Waals surface area contributed by atoms with Gasteiger partial charge in [-0.15, -0.1) is 11.3 Å². The Morgan fingerprint density at radius 1 is 1.35 bits per heavy atom. The lowest BCUT2D eigenvalue weighted by Gasteiger charge is -2.04. The van der Waals surface area contributed by atoms with Gasteiger partial charge in [-0.25, -0.2) is 4.98 Å². The normalized spacial score (nSPS) is 11.6. The van der Waals surface area contributed by atoms with Gasteiger partial charge in [0, 0.05) is 23.8 Å². The number of nitrogens with one attached hydrogen (secondary N) is 1. The second-order valence-electron chi connectivity index (χ2n) is 5.70. The molecule has 0 aliphatic carbocycles. The number of nitrogens with zero attached hydrogens (tertiary/aromatic N) is 2. The van der Waals surface area contributed by atoms with E-state index >= 15 is 0 Å². The van der Waals surface area contributed by atoms with E-state index in [0.29, 0.717) is 12.5 Å². The van der Waals surface area contributed by atoms with Crippen molar-refractivity contribution in [3.8, 4) is 0 Å². The van der Waals surface area contributed by atoms with Crippen LogP contribution in [0.1, 0.15) is 36.6 Å². The van der Waals surface area contributed by atoms with Crippen molar-refractivity contribution in [2.75, 3.05) is 0 Å². The number of carbonyl (C=O) groups excluding carboxylic acids is 1. The SMILES string of the molecule is CC(C)c1ccc(/C=C/C(=O)NCc2cn3ccsc3n2)cc1. The average molecular weight is 325 g/mol. The highest BCUT2D eigenvalue weighted by Gasteiger charge is 2.03. The molecule has 0 saturated heterocycles. The first-order chi connectivity index (χ1) is 11.1. The summed E-state index contributed by atoms with van der Waals surface area (Å²) in [6.07, 6.45) is 7.27. The molecule has 2 aromatic heterocycles. The highest BCUT2D eigenvalue weighted by molar-refractivity contribution is 7.15. The first kappa shape index (κ1) is 15.5. The quantitative estimate of drug-likeness (QED) is 0.724. The van der Waals surface area contributed by atoms with Crippen LogP contribution in [0.2, 0.25) is 0 Å². The molecule has 3 rings (SSSR count). The topological polar surface area (TPSA) is 46.4 Å². The Morgan fingerprint density at radius 2 is 2.13 bits per heavy atom. The molecule has 2 heterocycles. The fraction of sp³-hybridized carbons (Fsp3) is 0.222. The zero-order valence-corrected chi connectivity index (χ0v) is 14.0. The van der Waals surface area contributed by atoms with Crippen LogP contribution in [0.3, 0.4) is 0 Å². The van der Waals surface area contributed by atoms with E-state index in [1.54, 1.807) is 17.4 Å². The molecule has 0 radical (unpaired) electrons. The minimum Gasteiger partial charge on any atom is -0.347 e. The molecule has 0 spiro atoms. The Kier molecular flexibility index (Phi) is 4.57. The highest BCUT2D eigenvalue weighted by Crippen LogP contribution is 2.15. The zero-order valence-electron chi connectivity index (χ0n) is 13.2. The number of carbonyl (C=O) groups is 1. The number of hydrogen-bond donors (Lipinski definition) is 1. The summed E-state index contributed by atoms with van der Waals surface area (Å²) in [6.45, 7) is 4.76. The van der Waals surface area contributed by atoms with Gasteiger partial charge >= 0.3 is 0 Å². The molecule has 1 amide bonds. The van der Waals surface area contributed by atoms with Gasteiger partial charge in [-0.05, 0) is 23.1 Å². The maximum atomic E-state index is 11.9. The first-order valence-electron chi connectivity index (χ1n) is 7.59. The van der Waals surface area contributed by atoms with E-state index in [1.807, 2.05) is 40.4 Å². The fourth-order valence-corrected chi connectivity index (χ4v) is 2.98. The molecule has 0 bridgehead atoms. The molecule has 1 N–H and O–H groups in total. The van der Waals surface area contributed by atoms with E-state index in [1.165, 1.54) is 5.56 Å². The van der Waals surface area contributed by atoms with Crippen LogP contribution in [0.15, 0.2) is 48.1 Å². The molecule has 0 aliphatic heterocycles. The predicted octanol–water partition coefficient (Wildman–Crippen LogP) is 3.85. The molecule has 0 fully saturated rings. The largest absolute Gasteiger partial charge is 0.347 e. The number of aromatic nitrogens is 2. The summed E-state index contributed by atoms with van der Waals surface area (Å²) in [5.41, 5.74) is 3.18. The summed E-state index contributed by atoms with van der Waals surface area (Å²) in [7, 11) is 0. The molecule has 1 aromatic carbocycles. The van der Waals surface area contributed by atoms with Gasteiger partial charge in [0.25, 0.3) is 0 Å². The van der Waals surface area contributed by atoms with Crippen LogP contribution in [-0.2, 0) is 11.3 Å². The molecule has 4 nitrogen and oxygen atoms in total. The molecule has 0 aliphatic rings. The van der Waals surface area contributed by atoms with Crippen LogP contribution in [-0.4, -0.2) is 15.3 Å². The minimum absolute atomic E-state index is 0.116. The van der Waals surface area contributed by atoms with Gasteiger partial charge in [-0.3, -0.25) is 9.20 Å². The molecule has 0 saturated carbocycles. The van der Waals surface area contributed by atoms with Gasteiger partial charge < -0.3 is 5.32 Å². The van der Waals surface area contributed by atoms with E-state index in [0.717, 1.165) is 16.2 Å². The van der Waals surface area contributed by atoms with Crippen molar-refractivity contribution in [2.45, 2.75) is 26.3 Å². The van der Waals surface area contributed by atoms with Crippen LogP contribution in [0, 0.1) is 0 Å². The smallest absolute Gasteiger partial charge is 0.244 e. The van der Waals surface area contributed by atoms with Crippen LogP contribution in [0.5, 0.6) is 0 Å². The van der Waals surface area contributed by atoms with Crippen molar-refractivity contribution in [3.63, 3.8) is 0 Å². The van der Waals surface area contributed by atoms with E-state index in [4.69, 9.17) is 0 Å². The van der Waals surface area contributed by atoms with E-state index in [-0.39, 0.29) is 5.91 Å². The summed E-state index contributed by atoms with van der Waals surface area (Å²) in [4.78, 5) is 17.3. The van der Waals surface area contributed by atoms with Crippen LogP contribution < -0.4 is 5.32 Å². The van der Waals surface area contributed by atoms with E-state index < -0.39 is 0 Å². The number of fused-ring (bicyclic) bond motifs is 1. The number of thiazole rings is 1. The van der Waals surface area contributed by atoms with Gasteiger partial charge in [0.2, 0.25) is 5.91 Å². The molecule has 3 aromatic rings. The lowest BCUT2D eigenvalue weighted by Crippen LogP contribution is -2.20. The standard InChI is InChI=1S/C18H19N3OS/c1-13(2)15-6-3-14(4-7-15)5-8-17(22)19-11-16-12-21-9-10-23-18(21)20-16/h3-10,12-13H,11H2,1-2H3,(H,19,22)/b8-5+. The summed E-state index contributed by atoms with van der Waals surface area (Å²) in [5, 5.41) is 4.84.